The molecule has 0 spiro atoms. The number of benzene rings is 2. The zero-order chi connectivity index (χ0) is 19.9. The van der Waals surface area contributed by atoms with Gasteiger partial charge in [-0.25, -0.2) is 4.98 Å². The van der Waals surface area contributed by atoms with E-state index in [-0.39, 0.29) is 12.0 Å². The topological polar surface area (TPSA) is 87.0 Å². The fourth-order valence-corrected chi connectivity index (χ4v) is 2.52. The van der Waals surface area contributed by atoms with Gasteiger partial charge in [0, 0.05) is 11.9 Å². The molecule has 0 saturated carbocycles. The first-order valence-corrected chi connectivity index (χ1v) is 8.85. The summed E-state index contributed by atoms with van der Waals surface area (Å²) in [6, 6.07) is 19.9. The first kappa shape index (κ1) is 18.9. The lowest BCUT2D eigenvalue weighted by atomic mass is 10.2. The van der Waals surface area contributed by atoms with Gasteiger partial charge in [-0.15, -0.1) is 0 Å². The number of hydrogen-bond acceptors (Lipinski definition) is 5. The molecule has 0 atom stereocenters. The van der Waals surface area contributed by atoms with Crippen LogP contribution in [0.3, 0.4) is 0 Å². The molecule has 0 saturated heterocycles. The van der Waals surface area contributed by atoms with Crippen LogP contribution >= 0.6 is 0 Å². The lowest BCUT2D eigenvalue weighted by Crippen LogP contribution is -2.12. The van der Waals surface area contributed by atoms with Crippen molar-refractivity contribution in [2.45, 2.75) is 20.0 Å². The third-order valence-electron chi connectivity index (χ3n) is 3.82. The van der Waals surface area contributed by atoms with Crippen molar-refractivity contribution in [2.75, 3.05) is 10.6 Å². The molecule has 2 N–H and O–H groups in total. The van der Waals surface area contributed by atoms with Gasteiger partial charge in [0.15, 0.2) is 0 Å². The van der Waals surface area contributed by atoms with E-state index < -0.39 is 0 Å². The number of ether oxygens (including phenoxy) is 1. The van der Waals surface area contributed by atoms with Gasteiger partial charge in [-0.3, -0.25) is 4.79 Å². The fraction of sp³-hybridized carbons (Fsp3) is 0.136. The maximum Gasteiger partial charge on any atom is 0.257 e. The minimum atomic E-state index is -0.256. The molecular formula is C22H20N4O2. The Kier molecular flexibility index (Phi) is 5.87. The molecule has 1 heterocycles. The van der Waals surface area contributed by atoms with Crippen molar-refractivity contribution in [1.82, 2.24) is 4.98 Å². The standard InChI is InChI=1S/C22H20N4O2/c1-15(2)28-19-10-8-18(9-11-19)25-22(27)17-7-12-21(24-14-17)26-20-6-4-3-5-16(20)13-23/h3-12,14-15H,1-2H3,(H,24,26)(H,25,27). The van der Waals surface area contributed by atoms with Gasteiger partial charge in [-0.2, -0.15) is 5.26 Å². The van der Waals surface area contributed by atoms with E-state index in [9.17, 15) is 4.79 Å². The van der Waals surface area contributed by atoms with Crippen LogP contribution in [0.5, 0.6) is 5.75 Å². The second kappa shape index (κ2) is 8.69. The Morgan fingerprint density at radius 1 is 1.07 bits per heavy atom. The SMILES string of the molecule is CC(C)Oc1ccc(NC(=O)c2ccc(Nc3ccccc3C#N)nc2)cc1. The number of nitriles is 1. The maximum atomic E-state index is 12.4. The number of carbonyl (C=O) groups is 1. The minimum Gasteiger partial charge on any atom is -0.491 e. The van der Waals surface area contributed by atoms with E-state index in [0.717, 1.165) is 5.75 Å². The van der Waals surface area contributed by atoms with Crippen molar-refractivity contribution in [3.05, 3.63) is 78.0 Å². The minimum absolute atomic E-state index is 0.0961. The first-order valence-electron chi connectivity index (χ1n) is 8.85. The number of pyridine rings is 1. The van der Waals surface area contributed by atoms with Crippen molar-refractivity contribution < 1.29 is 9.53 Å². The normalized spacial score (nSPS) is 10.2. The van der Waals surface area contributed by atoms with Crippen LogP contribution in [0.15, 0.2) is 66.9 Å². The molecular weight excluding hydrogens is 352 g/mol. The average Bonchev–Trinajstić information content (AvgIpc) is 2.70. The summed E-state index contributed by atoms with van der Waals surface area (Å²) in [5.74, 6) is 1.05. The Morgan fingerprint density at radius 3 is 2.46 bits per heavy atom. The van der Waals surface area contributed by atoms with Gasteiger partial charge in [0.1, 0.15) is 17.6 Å². The van der Waals surface area contributed by atoms with E-state index in [1.807, 2.05) is 32.0 Å². The van der Waals surface area contributed by atoms with Gasteiger partial charge in [0.2, 0.25) is 0 Å². The maximum absolute atomic E-state index is 12.4. The third-order valence-corrected chi connectivity index (χ3v) is 3.82. The van der Waals surface area contributed by atoms with Crippen LogP contribution in [-0.2, 0) is 0 Å². The molecule has 2 aromatic carbocycles. The molecule has 0 radical (unpaired) electrons. The van der Waals surface area contributed by atoms with Crippen LogP contribution < -0.4 is 15.4 Å². The third kappa shape index (κ3) is 4.86. The Morgan fingerprint density at radius 2 is 1.82 bits per heavy atom. The Bertz CT molecular complexity index is 990. The van der Waals surface area contributed by atoms with Crippen LogP contribution in [-0.4, -0.2) is 17.0 Å². The summed E-state index contributed by atoms with van der Waals surface area (Å²) >= 11 is 0. The molecule has 0 fully saturated rings. The van der Waals surface area contributed by atoms with Crippen LogP contribution in [0, 0.1) is 11.3 Å². The summed E-state index contributed by atoms with van der Waals surface area (Å²) in [6.45, 7) is 3.92. The molecule has 0 aliphatic carbocycles. The van der Waals surface area contributed by atoms with Crippen LogP contribution in [0.4, 0.5) is 17.2 Å². The van der Waals surface area contributed by atoms with Gasteiger partial charge >= 0.3 is 0 Å². The summed E-state index contributed by atoms with van der Waals surface area (Å²) in [7, 11) is 0. The largest absolute Gasteiger partial charge is 0.491 e. The molecule has 3 rings (SSSR count). The van der Waals surface area contributed by atoms with E-state index in [2.05, 4.69) is 21.7 Å². The lowest BCUT2D eigenvalue weighted by Gasteiger charge is -2.11. The molecule has 1 aromatic heterocycles. The second-order valence-electron chi connectivity index (χ2n) is 6.36. The highest BCUT2D eigenvalue weighted by molar-refractivity contribution is 6.04. The second-order valence-corrected chi connectivity index (χ2v) is 6.36. The summed E-state index contributed by atoms with van der Waals surface area (Å²) in [5, 5.41) is 15.1. The van der Waals surface area contributed by atoms with E-state index in [4.69, 9.17) is 10.00 Å². The monoisotopic (exact) mass is 372 g/mol. The molecule has 0 aliphatic rings. The fourth-order valence-electron chi connectivity index (χ4n) is 2.52. The average molecular weight is 372 g/mol. The molecule has 1 amide bonds. The highest BCUT2D eigenvalue weighted by Crippen LogP contribution is 2.20. The van der Waals surface area contributed by atoms with E-state index >= 15 is 0 Å². The number of aromatic nitrogens is 1. The lowest BCUT2D eigenvalue weighted by molar-refractivity contribution is 0.102. The number of rotatable bonds is 6. The zero-order valence-electron chi connectivity index (χ0n) is 15.6. The molecule has 6 heteroatoms. The van der Waals surface area contributed by atoms with Gasteiger partial charge in [-0.1, -0.05) is 12.1 Å². The van der Waals surface area contributed by atoms with E-state index in [1.165, 1.54) is 6.20 Å². The van der Waals surface area contributed by atoms with Gasteiger partial charge < -0.3 is 15.4 Å². The van der Waals surface area contributed by atoms with Crippen LogP contribution in [0.25, 0.3) is 0 Å². The molecule has 3 aromatic rings. The zero-order valence-corrected chi connectivity index (χ0v) is 15.6. The number of carbonyl (C=O) groups excluding carboxylic acids is 1. The summed E-state index contributed by atoms with van der Waals surface area (Å²) in [4.78, 5) is 16.7. The molecule has 0 unspecified atom stereocenters. The predicted octanol–water partition coefficient (Wildman–Crippen LogP) is 4.74. The highest BCUT2D eigenvalue weighted by Gasteiger charge is 2.08. The molecule has 0 aliphatic heterocycles. The highest BCUT2D eigenvalue weighted by atomic mass is 16.5. The smallest absolute Gasteiger partial charge is 0.257 e. The van der Waals surface area contributed by atoms with Gasteiger partial charge in [0.25, 0.3) is 5.91 Å². The molecule has 0 bridgehead atoms. The van der Waals surface area contributed by atoms with Crippen molar-refractivity contribution in [3.8, 4) is 11.8 Å². The number of hydrogen-bond donors (Lipinski definition) is 2. The Balaban J connectivity index is 1.64. The summed E-state index contributed by atoms with van der Waals surface area (Å²) in [6.07, 6.45) is 1.59. The van der Waals surface area contributed by atoms with Gasteiger partial charge in [0.05, 0.1) is 22.9 Å². The van der Waals surface area contributed by atoms with Crippen LogP contribution in [0.2, 0.25) is 0 Å². The number of para-hydroxylation sites is 1. The summed E-state index contributed by atoms with van der Waals surface area (Å²) in [5.41, 5.74) is 2.29. The quantitative estimate of drug-likeness (QED) is 0.653. The number of amides is 1. The number of nitrogens with one attached hydrogen (secondary N) is 2. The predicted molar refractivity (Wildman–Crippen MR) is 109 cm³/mol. The van der Waals surface area contributed by atoms with Crippen LogP contribution in [0.1, 0.15) is 29.8 Å². The number of nitrogens with zero attached hydrogens (tertiary/aromatic N) is 2. The molecule has 6 nitrogen and oxygen atoms in total. The van der Waals surface area contributed by atoms with E-state index in [0.29, 0.717) is 28.3 Å². The van der Waals surface area contributed by atoms with Crippen molar-refractivity contribution in [1.29, 1.82) is 5.26 Å². The Hall–Kier alpha value is -3.85. The Labute approximate surface area is 163 Å². The molecule has 140 valence electrons. The number of anilines is 3. The van der Waals surface area contributed by atoms with Crippen molar-refractivity contribution in [2.24, 2.45) is 0 Å². The first-order chi connectivity index (χ1) is 13.5. The molecule has 28 heavy (non-hydrogen) atoms. The van der Waals surface area contributed by atoms with Crippen molar-refractivity contribution in [3.63, 3.8) is 0 Å². The van der Waals surface area contributed by atoms with Crippen molar-refractivity contribution >= 4 is 23.1 Å². The van der Waals surface area contributed by atoms with E-state index in [1.54, 1.807) is 42.5 Å². The summed E-state index contributed by atoms with van der Waals surface area (Å²) < 4.78 is 5.59. The van der Waals surface area contributed by atoms with Gasteiger partial charge in [-0.05, 0) is 62.4 Å².